The van der Waals surface area contributed by atoms with Crippen LogP contribution in [0.3, 0.4) is 0 Å². The molecule has 0 radical (unpaired) electrons. The number of carbonyl (C=O) groups excluding carboxylic acids is 1. The maximum absolute atomic E-state index is 12.6. The Labute approximate surface area is 175 Å². The second-order valence-corrected chi connectivity index (χ2v) is 8.20. The van der Waals surface area contributed by atoms with Crippen LogP contribution in [0.4, 0.5) is 11.4 Å². The topological polar surface area (TPSA) is 93.7 Å². The van der Waals surface area contributed by atoms with E-state index in [1.165, 1.54) is 38.5 Å². The number of ether oxygens (including phenoxy) is 2. The van der Waals surface area contributed by atoms with Crippen LogP contribution in [0, 0.1) is 6.92 Å². The van der Waals surface area contributed by atoms with Crippen molar-refractivity contribution < 1.29 is 22.7 Å². The number of hydrogen-bond donors (Lipinski definition) is 2. The van der Waals surface area contributed by atoms with Gasteiger partial charge in [0.25, 0.3) is 15.9 Å². The largest absolute Gasteiger partial charge is 0.497 e. The molecule has 0 saturated carbocycles. The van der Waals surface area contributed by atoms with E-state index in [1.54, 1.807) is 30.3 Å². The molecule has 0 aliphatic rings. The van der Waals surface area contributed by atoms with E-state index in [4.69, 9.17) is 9.47 Å². The minimum atomic E-state index is -3.76. The van der Waals surface area contributed by atoms with Crippen LogP contribution in [0.25, 0.3) is 0 Å². The Kier molecular flexibility index (Phi) is 6.27. The van der Waals surface area contributed by atoms with Gasteiger partial charge in [-0.15, -0.1) is 0 Å². The Hall–Kier alpha value is -3.52. The van der Waals surface area contributed by atoms with Gasteiger partial charge in [-0.25, -0.2) is 8.42 Å². The van der Waals surface area contributed by atoms with Crippen LogP contribution in [0.1, 0.15) is 15.9 Å². The van der Waals surface area contributed by atoms with Gasteiger partial charge in [-0.3, -0.25) is 9.52 Å². The molecule has 0 unspecified atom stereocenters. The Bertz CT molecular complexity index is 1140. The van der Waals surface area contributed by atoms with E-state index in [0.717, 1.165) is 5.56 Å². The molecule has 7 nitrogen and oxygen atoms in total. The first kappa shape index (κ1) is 21.2. The number of hydrogen-bond acceptors (Lipinski definition) is 5. The zero-order valence-electron chi connectivity index (χ0n) is 16.8. The minimum Gasteiger partial charge on any atom is -0.497 e. The number of aryl methyl sites for hydroxylation is 1. The summed E-state index contributed by atoms with van der Waals surface area (Å²) in [6.07, 6.45) is 0. The lowest BCUT2D eigenvalue weighted by Gasteiger charge is -2.12. The summed E-state index contributed by atoms with van der Waals surface area (Å²) in [5.74, 6) is 0.788. The number of benzene rings is 3. The molecular weight excluding hydrogens is 404 g/mol. The summed E-state index contributed by atoms with van der Waals surface area (Å²) in [7, 11) is -0.716. The highest BCUT2D eigenvalue weighted by Crippen LogP contribution is 2.26. The van der Waals surface area contributed by atoms with E-state index in [1.807, 2.05) is 19.1 Å². The molecule has 0 heterocycles. The fourth-order valence-electron chi connectivity index (χ4n) is 2.77. The second kappa shape index (κ2) is 8.87. The Balaban J connectivity index is 1.72. The van der Waals surface area contributed by atoms with E-state index in [-0.39, 0.29) is 10.8 Å². The quantitative estimate of drug-likeness (QED) is 0.594. The summed E-state index contributed by atoms with van der Waals surface area (Å²) >= 11 is 0. The SMILES string of the molecule is COc1ccc(S(=O)(=O)Nc2ccc(C(=O)Nc3cc(C)ccc3OC)cc2)cc1. The number of anilines is 2. The van der Waals surface area contributed by atoms with Gasteiger partial charge in [-0.2, -0.15) is 0 Å². The number of rotatable bonds is 7. The van der Waals surface area contributed by atoms with Gasteiger partial charge >= 0.3 is 0 Å². The molecule has 0 fully saturated rings. The normalized spacial score (nSPS) is 10.9. The van der Waals surface area contributed by atoms with Crippen molar-refractivity contribution in [1.82, 2.24) is 0 Å². The Morgan fingerprint density at radius 2 is 1.53 bits per heavy atom. The highest BCUT2D eigenvalue weighted by Gasteiger charge is 2.15. The lowest BCUT2D eigenvalue weighted by atomic mass is 10.1. The van der Waals surface area contributed by atoms with Gasteiger partial charge in [-0.1, -0.05) is 6.07 Å². The monoisotopic (exact) mass is 426 g/mol. The van der Waals surface area contributed by atoms with Crippen LogP contribution in [-0.4, -0.2) is 28.5 Å². The fraction of sp³-hybridized carbons (Fsp3) is 0.136. The molecule has 3 aromatic rings. The van der Waals surface area contributed by atoms with Crippen molar-refractivity contribution in [3.63, 3.8) is 0 Å². The summed E-state index contributed by atoms with van der Waals surface area (Å²) in [4.78, 5) is 12.7. The lowest BCUT2D eigenvalue weighted by Crippen LogP contribution is -2.14. The second-order valence-electron chi connectivity index (χ2n) is 6.52. The third-order valence-electron chi connectivity index (χ3n) is 4.37. The van der Waals surface area contributed by atoms with Crippen LogP contribution >= 0.6 is 0 Å². The van der Waals surface area contributed by atoms with Gasteiger partial charge in [0.2, 0.25) is 0 Å². The Morgan fingerprint density at radius 3 is 2.13 bits per heavy atom. The van der Waals surface area contributed by atoms with Gasteiger partial charge in [0.15, 0.2) is 0 Å². The molecule has 0 aliphatic carbocycles. The van der Waals surface area contributed by atoms with Crippen molar-refractivity contribution in [2.45, 2.75) is 11.8 Å². The third-order valence-corrected chi connectivity index (χ3v) is 5.77. The van der Waals surface area contributed by atoms with Crippen molar-refractivity contribution in [3.8, 4) is 11.5 Å². The summed E-state index contributed by atoms with van der Waals surface area (Å²) in [5, 5.41) is 2.81. The molecule has 0 aliphatic heterocycles. The molecule has 2 N–H and O–H groups in total. The van der Waals surface area contributed by atoms with E-state index in [0.29, 0.717) is 28.4 Å². The molecule has 0 bridgehead atoms. The molecule has 1 amide bonds. The molecule has 3 aromatic carbocycles. The third kappa shape index (κ3) is 4.90. The standard InChI is InChI=1S/C22H22N2O5S/c1-15-4-13-21(29-3)20(14-15)23-22(25)16-5-7-17(8-6-16)24-30(26,27)19-11-9-18(28-2)10-12-19/h4-14,24H,1-3H3,(H,23,25). The van der Waals surface area contributed by atoms with Crippen molar-refractivity contribution in [3.05, 3.63) is 77.9 Å². The summed E-state index contributed by atoms with van der Waals surface area (Å²) in [5.41, 5.74) is 2.27. The summed E-state index contributed by atoms with van der Waals surface area (Å²) < 4.78 is 37.8. The van der Waals surface area contributed by atoms with Crippen molar-refractivity contribution in [1.29, 1.82) is 0 Å². The minimum absolute atomic E-state index is 0.108. The number of carbonyl (C=O) groups is 1. The highest BCUT2D eigenvalue weighted by atomic mass is 32.2. The maximum atomic E-state index is 12.6. The van der Waals surface area contributed by atoms with Crippen LogP contribution in [-0.2, 0) is 10.0 Å². The van der Waals surface area contributed by atoms with E-state index >= 15 is 0 Å². The van der Waals surface area contributed by atoms with E-state index in [9.17, 15) is 13.2 Å². The lowest BCUT2D eigenvalue weighted by molar-refractivity contribution is 0.102. The van der Waals surface area contributed by atoms with Gasteiger partial charge in [0, 0.05) is 11.3 Å². The number of nitrogens with one attached hydrogen (secondary N) is 2. The Morgan fingerprint density at radius 1 is 0.867 bits per heavy atom. The summed E-state index contributed by atoms with van der Waals surface area (Å²) in [6.45, 7) is 1.92. The first-order valence-corrected chi connectivity index (χ1v) is 10.5. The number of sulfonamides is 1. The molecule has 0 atom stereocenters. The average molecular weight is 426 g/mol. The van der Waals surface area contributed by atoms with Crippen LogP contribution in [0.15, 0.2) is 71.6 Å². The van der Waals surface area contributed by atoms with Crippen molar-refractivity contribution in [2.75, 3.05) is 24.3 Å². The predicted molar refractivity (Wildman–Crippen MR) is 116 cm³/mol. The van der Waals surface area contributed by atoms with Crippen LogP contribution in [0.5, 0.6) is 11.5 Å². The van der Waals surface area contributed by atoms with Crippen LogP contribution in [0.2, 0.25) is 0 Å². The molecule has 156 valence electrons. The highest BCUT2D eigenvalue weighted by molar-refractivity contribution is 7.92. The fourth-order valence-corrected chi connectivity index (χ4v) is 3.83. The predicted octanol–water partition coefficient (Wildman–Crippen LogP) is 4.07. The zero-order valence-corrected chi connectivity index (χ0v) is 17.6. The number of amides is 1. The molecule has 0 aromatic heterocycles. The molecule has 0 spiro atoms. The average Bonchev–Trinajstić information content (AvgIpc) is 2.74. The van der Waals surface area contributed by atoms with Crippen LogP contribution < -0.4 is 19.5 Å². The van der Waals surface area contributed by atoms with Gasteiger partial charge in [-0.05, 0) is 73.2 Å². The molecule has 30 heavy (non-hydrogen) atoms. The van der Waals surface area contributed by atoms with Crippen molar-refractivity contribution in [2.24, 2.45) is 0 Å². The van der Waals surface area contributed by atoms with Gasteiger partial charge in [0.05, 0.1) is 24.8 Å². The first-order valence-electron chi connectivity index (χ1n) is 9.05. The van der Waals surface area contributed by atoms with E-state index < -0.39 is 10.0 Å². The van der Waals surface area contributed by atoms with Crippen molar-refractivity contribution >= 4 is 27.3 Å². The van der Waals surface area contributed by atoms with Gasteiger partial charge < -0.3 is 14.8 Å². The molecule has 8 heteroatoms. The molecule has 3 rings (SSSR count). The molecule has 0 saturated heterocycles. The van der Waals surface area contributed by atoms with E-state index in [2.05, 4.69) is 10.0 Å². The first-order chi connectivity index (χ1) is 14.3. The smallest absolute Gasteiger partial charge is 0.261 e. The number of methoxy groups -OCH3 is 2. The zero-order chi connectivity index (χ0) is 21.7. The van der Waals surface area contributed by atoms with Gasteiger partial charge in [0.1, 0.15) is 11.5 Å². The maximum Gasteiger partial charge on any atom is 0.261 e. The summed E-state index contributed by atoms with van der Waals surface area (Å²) in [6, 6.07) is 17.7. The molecular formula is C22H22N2O5S.